The summed E-state index contributed by atoms with van der Waals surface area (Å²) in [6.07, 6.45) is 5.64. The first kappa shape index (κ1) is 16.0. The molecule has 3 heterocycles. The van der Waals surface area contributed by atoms with Crippen LogP contribution in [0.15, 0.2) is 16.9 Å². The van der Waals surface area contributed by atoms with E-state index in [1.165, 1.54) is 0 Å². The molecule has 0 N–H and O–H groups in total. The molecule has 0 amide bonds. The summed E-state index contributed by atoms with van der Waals surface area (Å²) >= 11 is 0. The Balaban J connectivity index is 1.51. The summed E-state index contributed by atoms with van der Waals surface area (Å²) in [5.41, 5.74) is 2.00. The maximum atomic E-state index is 5.18. The zero-order valence-electron chi connectivity index (χ0n) is 13.9. The molecule has 2 aromatic rings. The van der Waals surface area contributed by atoms with Crippen molar-refractivity contribution in [3.63, 3.8) is 0 Å². The van der Waals surface area contributed by atoms with Crippen molar-refractivity contribution in [3.8, 4) is 0 Å². The lowest BCUT2D eigenvalue weighted by Gasteiger charge is -2.20. The molecule has 1 fully saturated rings. The van der Waals surface area contributed by atoms with Gasteiger partial charge in [-0.1, -0.05) is 12.1 Å². The van der Waals surface area contributed by atoms with Gasteiger partial charge in [0.1, 0.15) is 0 Å². The van der Waals surface area contributed by atoms with Crippen LogP contribution < -0.4 is 0 Å². The summed E-state index contributed by atoms with van der Waals surface area (Å²) in [4.78, 5) is 18.0. The van der Waals surface area contributed by atoms with E-state index in [0.29, 0.717) is 0 Å². The molecule has 7 heteroatoms. The minimum atomic E-state index is 0.717. The van der Waals surface area contributed by atoms with Crippen molar-refractivity contribution >= 4 is 0 Å². The average Bonchev–Trinajstić information content (AvgIpc) is 2.90. The van der Waals surface area contributed by atoms with Crippen molar-refractivity contribution in [3.05, 3.63) is 35.5 Å². The zero-order chi connectivity index (χ0) is 16.1. The van der Waals surface area contributed by atoms with Crippen LogP contribution in [0, 0.1) is 6.92 Å². The Morgan fingerprint density at radius 1 is 1.04 bits per heavy atom. The summed E-state index contributed by atoms with van der Waals surface area (Å²) in [5.74, 6) is 1.51. The highest BCUT2D eigenvalue weighted by molar-refractivity contribution is 5.00. The normalized spacial score (nSPS) is 17.3. The SMILES string of the molecule is CCc1nc(CN2CCCN(Cc3cnc(C)cn3)CC2)no1. The van der Waals surface area contributed by atoms with Gasteiger partial charge in [0, 0.05) is 38.4 Å². The fraction of sp³-hybridized carbons (Fsp3) is 0.625. The van der Waals surface area contributed by atoms with E-state index in [1.807, 2.05) is 26.2 Å². The number of aromatic nitrogens is 4. The minimum Gasteiger partial charge on any atom is -0.339 e. The molecule has 124 valence electrons. The van der Waals surface area contributed by atoms with E-state index < -0.39 is 0 Å². The second kappa shape index (κ2) is 7.61. The van der Waals surface area contributed by atoms with E-state index in [1.54, 1.807) is 0 Å². The van der Waals surface area contributed by atoms with Gasteiger partial charge in [-0.05, 0) is 26.4 Å². The average molecular weight is 316 g/mol. The quantitative estimate of drug-likeness (QED) is 0.826. The third kappa shape index (κ3) is 4.56. The lowest BCUT2D eigenvalue weighted by Crippen LogP contribution is -2.30. The summed E-state index contributed by atoms with van der Waals surface area (Å²) in [5, 5.41) is 4.05. The third-order valence-corrected chi connectivity index (χ3v) is 4.08. The molecule has 0 bridgehead atoms. The number of nitrogens with zero attached hydrogens (tertiary/aromatic N) is 6. The Labute approximate surface area is 136 Å². The topological polar surface area (TPSA) is 71.2 Å². The van der Waals surface area contributed by atoms with E-state index in [2.05, 4.69) is 29.9 Å². The number of rotatable bonds is 5. The summed E-state index contributed by atoms with van der Waals surface area (Å²) in [6, 6.07) is 0. The molecule has 0 spiro atoms. The van der Waals surface area contributed by atoms with Gasteiger partial charge in [0.2, 0.25) is 5.89 Å². The predicted molar refractivity (Wildman–Crippen MR) is 85.6 cm³/mol. The molecular weight excluding hydrogens is 292 g/mol. The first-order valence-electron chi connectivity index (χ1n) is 8.26. The highest BCUT2D eigenvalue weighted by atomic mass is 16.5. The second-order valence-corrected chi connectivity index (χ2v) is 6.01. The van der Waals surface area contributed by atoms with Gasteiger partial charge in [0.05, 0.1) is 17.9 Å². The van der Waals surface area contributed by atoms with Crippen LogP contribution in [0.2, 0.25) is 0 Å². The Morgan fingerprint density at radius 2 is 1.83 bits per heavy atom. The van der Waals surface area contributed by atoms with Crippen LogP contribution in [0.3, 0.4) is 0 Å². The smallest absolute Gasteiger partial charge is 0.226 e. The van der Waals surface area contributed by atoms with Gasteiger partial charge < -0.3 is 4.52 Å². The lowest BCUT2D eigenvalue weighted by molar-refractivity contribution is 0.239. The van der Waals surface area contributed by atoms with Crippen LogP contribution in [-0.4, -0.2) is 56.1 Å². The fourth-order valence-electron chi connectivity index (χ4n) is 2.77. The molecule has 0 unspecified atom stereocenters. The van der Waals surface area contributed by atoms with Gasteiger partial charge in [-0.25, -0.2) is 0 Å². The fourth-order valence-corrected chi connectivity index (χ4v) is 2.77. The first-order valence-corrected chi connectivity index (χ1v) is 8.26. The highest BCUT2D eigenvalue weighted by Gasteiger charge is 2.17. The second-order valence-electron chi connectivity index (χ2n) is 6.01. The van der Waals surface area contributed by atoms with Crippen LogP contribution in [-0.2, 0) is 19.5 Å². The molecule has 1 aliphatic rings. The minimum absolute atomic E-state index is 0.717. The molecule has 0 aliphatic carbocycles. The van der Waals surface area contributed by atoms with E-state index in [4.69, 9.17) is 4.52 Å². The third-order valence-electron chi connectivity index (χ3n) is 4.08. The zero-order valence-corrected chi connectivity index (χ0v) is 13.9. The molecule has 0 saturated carbocycles. The Kier molecular flexibility index (Phi) is 5.30. The van der Waals surface area contributed by atoms with E-state index >= 15 is 0 Å². The van der Waals surface area contributed by atoms with Crippen LogP contribution in [0.5, 0.6) is 0 Å². The first-order chi connectivity index (χ1) is 11.2. The summed E-state index contributed by atoms with van der Waals surface area (Å²) < 4.78 is 5.18. The lowest BCUT2D eigenvalue weighted by atomic mass is 10.3. The van der Waals surface area contributed by atoms with Gasteiger partial charge >= 0.3 is 0 Å². The molecule has 0 atom stereocenters. The van der Waals surface area contributed by atoms with Gasteiger partial charge in [-0.2, -0.15) is 4.98 Å². The number of aryl methyl sites for hydroxylation is 2. The Morgan fingerprint density at radius 3 is 2.48 bits per heavy atom. The molecule has 1 saturated heterocycles. The van der Waals surface area contributed by atoms with E-state index in [-0.39, 0.29) is 0 Å². The molecular formula is C16H24N6O. The van der Waals surface area contributed by atoms with Gasteiger partial charge in [0.15, 0.2) is 5.82 Å². The number of hydrogen-bond acceptors (Lipinski definition) is 7. The molecule has 3 rings (SSSR count). The molecule has 0 aromatic carbocycles. The van der Waals surface area contributed by atoms with Crippen LogP contribution >= 0.6 is 0 Å². The summed E-state index contributed by atoms with van der Waals surface area (Å²) in [7, 11) is 0. The van der Waals surface area contributed by atoms with Crippen molar-refractivity contribution in [1.29, 1.82) is 0 Å². The predicted octanol–water partition coefficient (Wildman–Crippen LogP) is 1.44. The van der Waals surface area contributed by atoms with Gasteiger partial charge in [-0.3, -0.25) is 19.8 Å². The molecule has 2 aromatic heterocycles. The van der Waals surface area contributed by atoms with Gasteiger partial charge in [0.25, 0.3) is 0 Å². The largest absolute Gasteiger partial charge is 0.339 e. The highest BCUT2D eigenvalue weighted by Crippen LogP contribution is 2.10. The number of hydrogen-bond donors (Lipinski definition) is 0. The van der Waals surface area contributed by atoms with E-state index in [9.17, 15) is 0 Å². The van der Waals surface area contributed by atoms with E-state index in [0.717, 1.165) is 75.2 Å². The van der Waals surface area contributed by atoms with Crippen LogP contribution in [0.1, 0.15) is 36.4 Å². The monoisotopic (exact) mass is 316 g/mol. The van der Waals surface area contributed by atoms with Crippen molar-refractivity contribution in [2.24, 2.45) is 0 Å². The van der Waals surface area contributed by atoms with Crippen LogP contribution in [0.4, 0.5) is 0 Å². The maximum Gasteiger partial charge on any atom is 0.226 e. The molecule has 1 aliphatic heterocycles. The van der Waals surface area contributed by atoms with Crippen molar-refractivity contribution in [1.82, 2.24) is 29.9 Å². The van der Waals surface area contributed by atoms with Gasteiger partial charge in [-0.15, -0.1) is 0 Å². The molecule has 23 heavy (non-hydrogen) atoms. The summed E-state index contributed by atoms with van der Waals surface area (Å²) in [6.45, 7) is 9.79. The van der Waals surface area contributed by atoms with Crippen molar-refractivity contribution in [2.75, 3.05) is 26.2 Å². The molecule has 7 nitrogen and oxygen atoms in total. The Hall–Kier alpha value is -1.86. The van der Waals surface area contributed by atoms with Crippen molar-refractivity contribution in [2.45, 2.75) is 39.8 Å². The Bertz CT molecular complexity index is 611. The van der Waals surface area contributed by atoms with Crippen molar-refractivity contribution < 1.29 is 4.52 Å². The standard InChI is InChI=1S/C16H24N6O/c1-3-16-19-15(20-23-16)12-22-6-4-5-21(7-8-22)11-14-10-17-13(2)9-18-14/h9-10H,3-8,11-12H2,1-2H3. The maximum absolute atomic E-state index is 5.18. The van der Waals surface area contributed by atoms with Crippen LogP contribution in [0.25, 0.3) is 0 Å². The molecule has 0 radical (unpaired) electrons.